The van der Waals surface area contributed by atoms with Crippen LogP contribution in [0.15, 0.2) is 23.3 Å². The van der Waals surface area contributed by atoms with Crippen LogP contribution in [0.4, 0.5) is 10.1 Å². The number of nitrogens with zero attached hydrogens (tertiary/aromatic N) is 1. The number of amides is 2. The molecule has 1 aliphatic rings. The van der Waals surface area contributed by atoms with Gasteiger partial charge in [-0.2, -0.15) is 5.10 Å². The van der Waals surface area contributed by atoms with Crippen molar-refractivity contribution in [3.05, 3.63) is 29.6 Å². The van der Waals surface area contributed by atoms with Gasteiger partial charge >= 0.3 is 5.97 Å². The van der Waals surface area contributed by atoms with Crippen LogP contribution in [0.25, 0.3) is 0 Å². The number of hydrogen-bond donors (Lipinski definition) is 3. The number of carbonyl (C=O) groups is 3. The highest BCUT2D eigenvalue weighted by Crippen LogP contribution is 2.17. The molecule has 1 aromatic carbocycles. The third-order valence-electron chi connectivity index (χ3n) is 2.63. The van der Waals surface area contributed by atoms with E-state index in [0.717, 1.165) is 18.2 Å². The largest absolute Gasteiger partial charge is 0.478 e. The number of benzene rings is 1. The lowest BCUT2D eigenvalue weighted by atomic mass is 10.1. The van der Waals surface area contributed by atoms with Crippen molar-refractivity contribution in [1.82, 2.24) is 5.43 Å². The minimum Gasteiger partial charge on any atom is -0.478 e. The lowest BCUT2D eigenvalue weighted by molar-refractivity contribution is -0.121. The lowest BCUT2D eigenvalue weighted by Gasteiger charge is -2.12. The van der Waals surface area contributed by atoms with E-state index < -0.39 is 17.7 Å². The standard InChI is InChI=1S/C12H10FN3O4/c13-7-2-1-6(12(19)20)5-9(7)14-11(18)8-3-4-10(17)16-15-8/h1-2,5H,3-4H2,(H,14,18)(H,16,17)(H,19,20). The van der Waals surface area contributed by atoms with Gasteiger partial charge in [0, 0.05) is 12.8 Å². The summed E-state index contributed by atoms with van der Waals surface area (Å²) in [5, 5.41) is 14.6. The molecule has 0 bridgehead atoms. The Bertz CT molecular complexity index is 627. The van der Waals surface area contributed by atoms with Crippen LogP contribution in [0.1, 0.15) is 23.2 Å². The second kappa shape index (κ2) is 5.47. The first-order chi connectivity index (χ1) is 9.47. The molecule has 7 nitrogen and oxygen atoms in total. The zero-order valence-corrected chi connectivity index (χ0v) is 10.1. The van der Waals surface area contributed by atoms with E-state index in [9.17, 15) is 18.8 Å². The molecule has 0 saturated heterocycles. The summed E-state index contributed by atoms with van der Waals surface area (Å²) in [7, 11) is 0. The number of aromatic carboxylic acids is 1. The number of carboxylic acid groups (broad SMARTS) is 1. The van der Waals surface area contributed by atoms with Crippen LogP contribution in [0.3, 0.4) is 0 Å². The summed E-state index contributed by atoms with van der Waals surface area (Å²) in [5.74, 6) is -2.99. The summed E-state index contributed by atoms with van der Waals surface area (Å²) in [4.78, 5) is 33.5. The number of hydrogen-bond acceptors (Lipinski definition) is 4. The van der Waals surface area contributed by atoms with Gasteiger partial charge in [0.2, 0.25) is 5.91 Å². The van der Waals surface area contributed by atoms with Gasteiger partial charge in [-0.3, -0.25) is 9.59 Å². The minimum absolute atomic E-state index is 0.0460. The third kappa shape index (κ3) is 2.97. The van der Waals surface area contributed by atoms with E-state index in [1.165, 1.54) is 0 Å². The average molecular weight is 279 g/mol. The predicted octanol–water partition coefficient (Wildman–Crippen LogP) is 0.728. The maximum absolute atomic E-state index is 13.5. The molecule has 3 N–H and O–H groups in total. The topological polar surface area (TPSA) is 108 Å². The first-order valence-corrected chi connectivity index (χ1v) is 5.67. The van der Waals surface area contributed by atoms with Gasteiger partial charge in [-0.25, -0.2) is 14.6 Å². The number of nitrogens with one attached hydrogen (secondary N) is 2. The van der Waals surface area contributed by atoms with Crippen molar-refractivity contribution in [1.29, 1.82) is 0 Å². The van der Waals surface area contributed by atoms with E-state index in [-0.39, 0.29) is 35.7 Å². The number of rotatable bonds is 3. The van der Waals surface area contributed by atoms with Gasteiger partial charge in [0.15, 0.2) is 0 Å². The Morgan fingerprint density at radius 3 is 2.70 bits per heavy atom. The lowest BCUT2D eigenvalue weighted by Crippen LogP contribution is -2.33. The highest BCUT2D eigenvalue weighted by molar-refractivity contribution is 6.43. The van der Waals surface area contributed by atoms with Crippen molar-refractivity contribution < 1.29 is 23.9 Å². The van der Waals surface area contributed by atoms with Crippen molar-refractivity contribution in [2.24, 2.45) is 5.10 Å². The van der Waals surface area contributed by atoms with Crippen LogP contribution in [-0.2, 0) is 9.59 Å². The molecule has 8 heteroatoms. The highest BCUT2D eigenvalue weighted by Gasteiger charge is 2.19. The summed E-state index contributed by atoms with van der Waals surface area (Å²) in [6.07, 6.45) is 0.252. The first-order valence-electron chi connectivity index (χ1n) is 5.67. The molecule has 0 radical (unpaired) electrons. The number of carboxylic acids is 1. The van der Waals surface area contributed by atoms with Crippen molar-refractivity contribution in [2.75, 3.05) is 5.32 Å². The quantitative estimate of drug-likeness (QED) is 0.757. The molecule has 0 spiro atoms. The molecule has 0 unspecified atom stereocenters. The Balaban J connectivity index is 2.17. The molecule has 0 aromatic heterocycles. The molecule has 2 rings (SSSR count). The van der Waals surface area contributed by atoms with Gasteiger partial charge in [-0.05, 0) is 18.2 Å². The molecule has 0 aliphatic carbocycles. The zero-order chi connectivity index (χ0) is 14.7. The monoisotopic (exact) mass is 279 g/mol. The van der Waals surface area contributed by atoms with Crippen molar-refractivity contribution in [2.45, 2.75) is 12.8 Å². The smallest absolute Gasteiger partial charge is 0.335 e. The second-order valence-corrected chi connectivity index (χ2v) is 4.05. The zero-order valence-electron chi connectivity index (χ0n) is 10.1. The average Bonchev–Trinajstić information content (AvgIpc) is 2.41. The van der Waals surface area contributed by atoms with Crippen LogP contribution in [-0.4, -0.2) is 28.6 Å². The first kappa shape index (κ1) is 13.7. The maximum atomic E-state index is 13.5. The van der Waals surface area contributed by atoms with Crippen molar-refractivity contribution in [3.8, 4) is 0 Å². The van der Waals surface area contributed by atoms with Gasteiger partial charge in [0.1, 0.15) is 11.5 Å². The summed E-state index contributed by atoms with van der Waals surface area (Å²) in [6.45, 7) is 0. The van der Waals surface area contributed by atoms with E-state index >= 15 is 0 Å². The van der Waals surface area contributed by atoms with E-state index in [2.05, 4.69) is 15.8 Å². The third-order valence-corrected chi connectivity index (χ3v) is 2.63. The molecule has 20 heavy (non-hydrogen) atoms. The Hall–Kier alpha value is -2.77. The maximum Gasteiger partial charge on any atom is 0.335 e. The summed E-state index contributed by atoms with van der Waals surface area (Å²) in [5.41, 5.74) is 1.78. The van der Waals surface area contributed by atoms with E-state index in [1.54, 1.807) is 0 Å². The molecular weight excluding hydrogens is 269 g/mol. The number of carbonyl (C=O) groups excluding carboxylic acids is 2. The van der Waals surface area contributed by atoms with Crippen molar-refractivity contribution in [3.63, 3.8) is 0 Å². The van der Waals surface area contributed by atoms with Crippen LogP contribution < -0.4 is 10.7 Å². The molecule has 0 atom stereocenters. The highest BCUT2D eigenvalue weighted by atomic mass is 19.1. The predicted molar refractivity (Wildman–Crippen MR) is 66.8 cm³/mol. The van der Waals surface area contributed by atoms with Crippen molar-refractivity contribution >= 4 is 29.2 Å². The van der Waals surface area contributed by atoms with Crippen LogP contribution in [0.2, 0.25) is 0 Å². The molecule has 0 saturated carbocycles. The fourth-order valence-electron chi connectivity index (χ4n) is 1.59. The van der Waals surface area contributed by atoms with Gasteiger partial charge in [0.05, 0.1) is 11.3 Å². The van der Waals surface area contributed by atoms with E-state index in [0.29, 0.717) is 0 Å². The van der Waals surface area contributed by atoms with Crippen LogP contribution in [0, 0.1) is 5.82 Å². The number of anilines is 1. The summed E-state index contributed by atoms with van der Waals surface area (Å²) >= 11 is 0. The minimum atomic E-state index is -1.23. The van der Waals surface area contributed by atoms with E-state index in [4.69, 9.17) is 5.11 Å². The fraction of sp³-hybridized carbons (Fsp3) is 0.167. The molecular formula is C12H10FN3O4. The summed E-state index contributed by atoms with van der Waals surface area (Å²) < 4.78 is 13.5. The van der Waals surface area contributed by atoms with Gasteiger partial charge in [0.25, 0.3) is 5.91 Å². The fourth-order valence-corrected chi connectivity index (χ4v) is 1.59. The van der Waals surface area contributed by atoms with E-state index in [1.807, 2.05) is 0 Å². The molecule has 1 aromatic rings. The number of halogens is 1. The molecule has 104 valence electrons. The Morgan fingerprint density at radius 2 is 2.10 bits per heavy atom. The molecule has 1 aliphatic heterocycles. The van der Waals surface area contributed by atoms with Crippen LogP contribution in [0.5, 0.6) is 0 Å². The molecule has 2 amide bonds. The molecule has 0 fully saturated rings. The second-order valence-electron chi connectivity index (χ2n) is 4.05. The van der Waals surface area contributed by atoms with Gasteiger partial charge in [-0.1, -0.05) is 0 Å². The Kier molecular flexibility index (Phi) is 3.74. The number of hydrazone groups is 1. The normalized spacial score (nSPS) is 14.2. The Morgan fingerprint density at radius 1 is 1.35 bits per heavy atom. The van der Waals surface area contributed by atoms with Gasteiger partial charge < -0.3 is 10.4 Å². The SMILES string of the molecule is O=C1CCC(C(=O)Nc2cc(C(=O)O)ccc2F)=NN1. The molecule has 1 heterocycles. The summed E-state index contributed by atoms with van der Waals surface area (Å²) in [6, 6.07) is 3.05. The Labute approximate surface area is 112 Å². The van der Waals surface area contributed by atoms with Gasteiger partial charge in [-0.15, -0.1) is 0 Å². The van der Waals surface area contributed by atoms with Crippen LogP contribution >= 0.6 is 0 Å².